The van der Waals surface area contributed by atoms with Crippen LogP contribution in [-0.2, 0) is 9.59 Å². The van der Waals surface area contributed by atoms with Crippen molar-refractivity contribution < 1.29 is 9.59 Å². The van der Waals surface area contributed by atoms with Crippen molar-refractivity contribution in [3.05, 3.63) is 40.6 Å². The molecule has 1 aromatic rings. The van der Waals surface area contributed by atoms with Crippen LogP contribution in [0.15, 0.2) is 29.5 Å². The zero-order valence-corrected chi connectivity index (χ0v) is 11.6. The molecular formula is C14H16O2Si. The highest BCUT2D eigenvalue weighted by molar-refractivity contribution is 6.87. The number of aryl methyl sites for hydroxylation is 1. The van der Waals surface area contributed by atoms with Crippen LogP contribution in [0.1, 0.15) is 11.1 Å². The van der Waals surface area contributed by atoms with Crippen LogP contribution in [-0.4, -0.2) is 20.0 Å². The standard InChI is InChI=1S/C14H16O2Si/c1-11-5-7-12(8-6-11)13(9-15)14(10-16)17(2,3)4/h5-8H,1-4H3. The lowest BCUT2D eigenvalue weighted by atomic mass is 10.1. The molecule has 3 heteroatoms. The predicted molar refractivity (Wildman–Crippen MR) is 72.8 cm³/mol. The molecule has 0 aliphatic carbocycles. The van der Waals surface area contributed by atoms with Crippen LogP contribution >= 0.6 is 0 Å². The highest BCUT2D eigenvalue weighted by Gasteiger charge is 2.26. The average molecular weight is 244 g/mol. The molecule has 2 nitrogen and oxygen atoms in total. The molecule has 88 valence electrons. The number of carbonyl (C=O) groups excluding carboxylic acids is 2. The van der Waals surface area contributed by atoms with E-state index in [2.05, 4.69) is 0 Å². The van der Waals surface area contributed by atoms with Gasteiger partial charge in [-0.2, -0.15) is 0 Å². The molecule has 0 saturated heterocycles. The van der Waals surface area contributed by atoms with Gasteiger partial charge in [-0.05, 0) is 12.5 Å². The second-order valence-corrected chi connectivity index (χ2v) is 10.1. The van der Waals surface area contributed by atoms with Crippen molar-refractivity contribution in [3.63, 3.8) is 0 Å². The maximum Gasteiger partial charge on any atom is 0.133 e. The lowest BCUT2D eigenvalue weighted by Crippen LogP contribution is -2.25. The van der Waals surface area contributed by atoms with E-state index in [9.17, 15) is 9.59 Å². The van der Waals surface area contributed by atoms with Crippen LogP contribution in [0.25, 0.3) is 5.57 Å². The van der Waals surface area contributed by atoms with Crippen molar-refractivity contribution in [2.45, 2.75) is 26.6 Å². The summed E-state index contributed by atoms with van der Waals surface area (Å²) in [6.45, 7) is 8.01. The summed E-state index contributed by atoms with van der Waals surface area (Å²) < 4.78 is 0. The van der Waals surface area contributed by atoms with E-state index >= 15 is 0 Å². The number of hydrogen-bond donors (Lipinski definition) is 0. The minimum atomic E-state index is -1.87. The van der Waals surface area contributed by atoms with Gasteiger partial charge in [0.05, 0.1) is 13.6 Å². The van der Waals surface area contributed by atoms with Crippen LogP contribution in [0.5, 0.6) is 0 Å². The highest BCUT2D eigenvalue weighted by Crippen LogP contribution is 2.26. The lowest BCUT2D eigenvalue weighted by Gasteiger charge is -2.17. The Morgan fingerprint density at radius 1 is 1.00 bits per heavy atom. The molecule has 0 spiro atoms. The van der Waals surface area contributed by atoms with Gasteiger partial charge >= 0.3 is 0 Å². The smallest absolute Gasteiger partial charge is 0.133 e. The Kier molecular flexibility index (Phi) is 4.03. The van der Waals surface area contributed by atoms with Gasteiger partial charge in [-0.15, -0.1) is 0 Å². The Morgan fingerprint density at radius 2 is 1.53 bits per heavy atom. The maximum absolute atomic E-state index is 11.1. The first-order chi connectivity index (χ1) is 7.90. The Bertz CT molecular complexity index is 508. The van der Waals surface area contributed by atoms with Gasteiger partial charge < -0.3 is 0 Å². The molecule has 17 heavy (non-hydrogen) atoms. The predicted octanol–water partition coefficient (Wildman–Crippen LogP) is 2.85. The summed E-state index contributed by atoms with van der Waals surface area (Å²) in [5.74, 6) is 3.83. The minimum Gasteiger partial charge on any atom is -0.234 e. The number of rotatable bonds is 3. The maximum atomic E-state index is 11.1. The third-order valence-corrected chi connectivity index (χ3v) is 4.40. The van der Waals surface area contributed by atoms with E-state index < -0.39 is 8.07 Å². The van der Waals surface area contributed by atoms with E-state index in [1.54, 1.807) is 0 Å². The van der Waals surface area contributed by atoms with Crippen molar-refractivity contribution in [2.24, 2.45) is 0 Å². The van der Waals surface area contributed by atoms with Crippen LogP contribution in [0.4, 0.5) is 0 Å². The van der Waals surface area contributed by atoms with Crippen LogP contribution < -0.4 is 0 Å². The first kappa shape index (κ1) is 13.4. The van der Waals surface area contributed by atoms with E-state index in [0.29, 0.717) is 10.8 Å². The van der Waals surface area contributed by atoms with E-state index in [1.807, 2.05) is 62.7 Å². The molecule has 0 aliphatic heterocycles. The summed E-state index contributed by atoms with van der Waals surface area (Å²) >= 11 is 0. The van der Waals surface area contributed by atoms with Crippen LogP contribution in [0.2, 0.25) is 19.6 Å². The summed E-state index contributed by atoms with van der Waals surface area (Å²) in [5.41, 5.74) is 2.22. The normalized spacial score (nSPS) is 10.4. The molecule has 0 saturated carbocycles. The first-order valence-electron chi connectivity index (χ1n) is 5.48. The van der Waals surface area contributed by atoms with E-state index in [0.717, 1.165) is 11.1 Å². The summed E-state index contributed by atoms with van der Waals surface area (Å²) in [4.78, 5) is 22.2. The van der Waals surface area contributed by atoms with Gasteiger partial charge in [0, 0.05) is 5.20 Å². The molecule has 0 aliphatic rings. The van der Waals surface area contributed by atoms with Gasteiger partial charge in [-0.1, -0.05) is 49.5 Å². The van der Waals surface area contributed by atoms with Gasteiger partial charge in [0.1, 0.15) is 11.9 Å². The Balaban J connectivity index is 3.32. The molecular weight excluding hydrogens is 228 g/mol. The third kappa shape index (κ3) is 3.15. The van der Waals surface area contributed by atoms with Gasteiger partial charge in [0.25, 0.3) is 0 Å². The second-order valence-electron chi connectivity index (χ2n) is 5.07. The highest BCUT2D eigenvalue weighted by atomic mass is 28.3. The molecule has 1 aromatic carbocycles. The fourth-order valence-corrected chi connectivity index (χ4v) is 2.81. The zero-order chi connectivity index (χ0) is 13.1. The molecule has 0 fully saturated rings. The minimum absolute atomic E-state index is 0.360. The van der Waals surface area contributed by atoms with Gasteiger partial charge in [0.2, 0.25) is 0 Å². The second kappa shape index (κ2) is 5.11. The molecule has 0 unspecified atom stereocenters. The molecule has 1 rings (SSSR count). The lowest BCUT2D eigenvalue weighted by molar-refractivity contribution is 0.566. The monoisotopic (exact) mass is 244 g/mol. The molecule has 0 amide bonds. The number of benzene rings is 1. The quantitative estimate of drug-likeness (QED) is 0.465. The van der Waals surface area contributed by atoms with Crippen molar-refractivity contribution in [3.8, 4) is 0 Å². The summed E-state index contributed by atoms with van der Waals surface area (Å²) in [5, 5.41) is 0.497. The average Bonchev–Trinajstić information content (AvgIpc) is 2.25. The van der Waals surface area contributed by atoms with Crippen molar-refractivity contribution in [2.75, 3.05) is 0 Å². The molecule has 0 heterocycles. The Labute approximate surface area is 103 Å². The van der Waals surface area contributed by atoms with Gasteiger partial charge in [-0.3, -0.25) is 0 Å². The Morgan fingerprint density at radius 3 is 1.88 bits per heavy atom. The summed E-state index contributed by atoms with van der Waals surface area (Å²) in [7, 11) is -1.87. The largest absolute Gasteiger partial charge is 0.234 e. The molecule has 0 bridgehead atoms. The van der Waals surface area contributed by atoms with Crippen molar-refractivity contribution in [1.29, 1.82) is 0 Å². The molecule has 0 aromatic heterocycles. The van der Waals surface area contributed by atoms with E-state index in [1.165, 1.54) is 0 Å². The first-order valence-corrected chi connectivity index (χ1v) is 8.98. The summed E-state index contributed by atoms with van der Waals surface area (Å²) in [6.07, 6.45) is 0. The SMILES string of the molecule is Cc1ccc(C(=C=O)C(=C=O)[Si](C)(C)C)cc1. The molecule has 0 atom stereocenters. The molecule has 0 radical (unpaired) electrons. The number of hydrogen-bond acceptors (Lipinski definition) is 2. The fourth-order valence-electron chi connectivity index (χ4n) is 1.55. The molecule has 0 N–H and O–H groups in total. The van der Waals surface area contributed by atoms with E-state index in [-0.39, 0.29) is 0 Å². The van der Waals surface area contributed by atoms with Crippen LogP contribution in [0.3, 0.4) is 0 Å². The fraction of sp³-hybridized carbons (Fsp3) is 0.286. The van der Waals surface area contributed by atoms with E-state index in [4.69, 9.17) is 0 Å². The third-order valence-electron chi connectivity index (χ3n) is 2.54. The van der Waals surface area contributed by atoms with Crippen molar-refractivity contribution in [1.82, 2.24) is 0 Å². The topological polar surface area (TPSA) is 34.1 Å². The van der Waals surface area contributed by atoms with Gasteiger partial charge in [0.15, 0.2) is 0 Å². The number of allylic oxidation sites excluding steroid dienone is 2. The van der Waals surface area contributed by atoms with Crippen molar-refractivity contribution >= 4 is 25.5 Å². The van der Waals surface area contributed by atoms with Gasteiger partial charge in [-0.25, -0.2) is 9.59 Å². The van der Waals surface area contributed by atoms with Crippen LogP contribution in [0, 0.1) is 6.92 Å². The zero-order valence-electron chi connectivity index (χ0n) is 10.6. The summed E-state index contributed by atoms with van der Waals surface area (Å²) in [6, 6.07) is 7.51. The Hall–Kier alpha value is -1.66.